The van der Waals surface area contributed by atoms with E-state index in [-0.39, 0.29) is 24.7 Å². The number of nitrogens with zero attached hydrogens (tertiary/aromatic N) is 1. The number of allylic oxidation sites excluding steroid dienone is 2. The van der Waals surface area contributed by atoms with Crippen molar-refractivity contribution in [2.24, 2.45) is 11.7 Å². The van der Waals surface area contributed by atoms with E-state index in [1.165, 1.54) is 12.1 Å². The van der Waals surface area contributed by atoms with Crippen molar-refractivity contribution in [3.05, 3.63) is 59.0 Å². The maximum absolute atomic E-state index is 12.6. The van der Waals surface area contributed by atoms with Crippen LogP contribution in [0.15, 0.2) is 47.9 Å². The number of Topliss-reactive ketones (excluding diaryl/α,β-unsaturated/α-hetero) is 1. The molecule has 1 aromatic carbocycles. The first-order chi connectivity index (χ1) is 12.6. The third-order valence-corrected chi connectivity index (χ3v) is 4.79. The van der Waals surface area contributed by atoms with Gasteiger partial charge in [-0.2, -0.15) is 13.2 Å². The molecule has 1 amide bonds. The van der Waals surface area contributed by atoms with Crippen LogP contribution in [0, 0.1) is 5.92 Å². The lowest BCUT2D eigenvalue weighted by molar-refractivity contribution is -0.137. The summed E-state index contributed by atoms with van der Waals surface area (Å²) in [6, 6.07) is 4.18. The monoisotopic (exact) mass is 380 g/mol. The Morgan fingerprint density at radius 1 is 1.33 bits per heavy atom. The number of hydrogen-bond donors (Lipinski definition) is 1. The number of benzene rings is 1. The van der Waals surface area contributed by atoms with Crippen LogP contribution in [0.4, 0.5) is 13.2 Å². The fourth-order valence-electron chi connectivity index (χ4n) is 3.10. The maximum atomic E-state index is 12.6. The number of alkyl halides is 3. The number of halogens is 3. The van der Waals surface area contributed by atoms with Crippen molar-refractivity contribution in [1.29, 1.82) is 0 Å². The molecular weight excluding hydrogens is 361 g/mol. The molecule has 0 saturated heterocycles. The predicted octanol–water partition coefficient (Wildman–Crippen LogP) is 2.77. The van der Waals surface area contributed by atoms with Crippen molar-refractivity contribution in [3.8, 4) is 0 Å². The van der Waals surface area contributed by atoms with Crippen LogP contribution in [0.5, 0.6) is 0 Å². The van der Waals surface area contributed by atoms with Crippen LogP contribution in [-0.2, 0) is 27.1 Å². The Labute approximate surface area is 154 Å². The molecule has 1 aliphatic heterocycles. The summed E-state index contributed by atoms with van der Waals surface area (Å²) in [7, 11) is 0. The highest BCUT2D eigenvalue weighted by molar-refractivity contribution is 5.89. The first kappa shape index (κ1) is 19.0. The standard InChI is InChI=1S/C19H19F3N2O3/c1-11(18(23)26)24-8-13-6-15(7-17(25)16(13)9-24)27-10-12-2-4-14(5-3-12)19(20,21)22/h2-6,8,11,16H,7,9-10H2,1H3,(H2,23,26)/t11-,16?/m0/s1. The lowest BCUT2D eigenvalue weighted by Crippen LogP contribution is -2.40. The van der Waals surface area contributed by atoms with Gasteiger partial charge in [-0.3, -0.25) is 9.59 Å². The number of ether oxygens (including phenoxy) is 1. The van der Waals surface area contributed by atoms with E-state index in [1.807, 2.05) is 0 Å². The number of rotatable bonds is 5. The fourth-order valence-corrected chi connectivity index (χ4v) is 3.10. The summed E-state index contributed by atoms with van der Waals surface area (Å²) in [5.41, 5.74) is 5.91. The second-order valence-corrected chi connectivity index (χ2v) is 6.69. The lowest BCUT2D eigenvalue weighted by atomic mass is 9.89. The van der Waals surface area contributed by atoms with E-state index >= 15 is 0 Å². The Morgan fingerprint density at radius 2 is 2.00 bits per heavy atom. The molecule has 5 nitrogen and oxygen atoms in total. The van der Waals surface area contributed by atoms with Gasteiger partial charge in [-0.05, 0) is 36.3 Å². The van der Waals surface area contributed by atoms with Crippen molar-refractivity contribution >= 4 is 11.7 Å². The number of nitrogens with two attached hydrogens (primary N) is 1. The minimum atomic E-state index is -4.38. The summed E-state index contributed by atoms with van der Waals surface area (Å²) in [6.07, 6.45) is -0.778. The second kappa shape index (κ2) is 7.09. The van der Waals surface area contributed by atoms with Crippen LogP contribution in [-0.4, -0.2) is 29.2 Å². The average molecular weight is 380 g/mol. The highest BCUT2D eigenvalue weighted by atomic mass is 19.4. The molecule has 1 aromatic rings. The molecule has 1 aliphatic carbocycles. The van der Waals surface area contributed by atoms with Crippen LogP contribution in [0.3, 0.4) is 0 Å². The average Bonchev–Trinajstić information content (AvgIpc) is 3.03. The molecule has 2 N–H and O–H groups in total. The van der Waals surface area contributed by atoms with Crippen LogP contribution in [0.1, 0.15) is 24.5 Å². The van der Waals surface area contributed by atoms with Crippen molar-refractivity contribution < 1.29 is 27.5 Å². The Morgan fingerprint density at radius 3 is 2.59 bits per heavy atom. The molecule has 2 atom stereocenters. The summed E-state index contributed by atoms with van der Waals surface area (Å²) in [4.78, 5) is 25.4. The molecule has 1 unspecified atom stereocenters. The van der Waals surface area contributed by atoms with E-state index in [4.69, 9.17) is 10.5 Å². The van der Waals surface area contributed by atoms with Gasteiger partial charge in [0.15, 0.2) is 0 Å². The van der Waals surface area contributed by atoms with Gasteiger partial charge in [0.1, 0.15) is 24.2 Å². The van der Waals surface area contributed by atoms with E-state index < -0.39 is 23.7 Å². The van der Waals surface area contributed by atoms with Gasteiger partial charge in [0.05, 0.1) is 17.9 Å². The number of carbonyl (C=O) groups is 2. The summed E-state index contributed by atoms with van der Waals surface area (Å²) in [6.45, 7) is 2.14. The first-order valence-corrected chi connectivity index (χ1v) is 8.44. The zero-order chi connectivity index (χ0) is 19.8. The summed E-state index contributed by atoms with van der Waals surface area (Å²) < 4.78 is 43.4. The molecule has 1 heterocycles. The van der Waals surface area contributed by atoms with Gasteiger partial charge in [0, 0.05) is 12.7 Å². The SMILES string of the molecule is C[C@@H](C(N)=O)N1C=C2C=C(OCc3ccc(C(F)(F)F)cc3)CC(=O)C2C1. The lowest BCUT2D eigenvalue weighted by Gasteiger charge is -2.23. The van der Waals surface area contributed by atoms with Gasteiger partial charge in [-0.15, -0.1) is 0 Å². The molecular formula is C19H19F3N2O3. The minimum absolute atomic E-state index is 0.0228. The number of primary amides is 1. The normalized spacial score (nSPS) is 20.7. The molecule has 3 rings (SSSR count). The van der Waals surface area contributed by atoms with E-state index in [0.29, 0.717) is 17.9 Å². The van der Waals surface area contributed by atoms with E-state index in [0.717, 1.165) is 17.7 Å². The molecule has 0 saturated carbocycles. The highest BCUT2D eigenvalue weighted by Crippen LogP contribution is 2.33. The van der Waals surface area contributed by atoms with Crippen molar-refractivity contribution in [3.63, 3.8) is 0 Å². The molecule has 0 fully saturated rings. The van der Waals surface area contributed by atoms with Crippen molar-refractivity contribution in [1.82, 2.24) is 4.90 Å². The van der Waals surface area contributed by atoms with E-state index in [9.17, 15) is 22.8 Å². The molecule has 27 heavy (non-hydrogen) atoms. The van der Waals surface area contributed by atoms with Gasteiger partial charge in [-0.25, -0.2) is 0 Å². The van der Waals surface area contributed by atoms with E-state index in [2.05, 4.69) is 0 Å². The quantitative estimate of drug-likeness (QED) is 0.853. The number of amides is 1. The summed E-state index contributed by atoms with van der Waals surface area (Å²) >= 11 is 0. The largest absolute Gasteiger partial charge is 0.493 e. The number of fused-ring (bicyclic) bond motifs is 1. The maximum Gasteiger partial charge on any atom is 0.416 e. The zero-order valence-electron chi connectivity index (χ0n) is 14.6. The Kier molecular flexibility index (Phi) is 4.99. The van der Waals surface area contributed by atoms with Crippen LogP contribution >= 0.6 is 0 Å². The van der Waals surface area contributed by atoms with Crippen LogP contribution in [0.2, 0.25) is 0 Å². The van der Waals surface area contributed by atoms with Gasteiger partial charge in [-0.1, -0.05) is 12.1 Å². The van der Waals surface area contributed by atoms with Gasteiger partial charge in [0.2, 0.25) is 5.91 Å². The molecule has 0 bridgehead atoms. The third-order valence-electron chi connectivity index (χ3n) is 4.79. The third kappa shape index (κ3) is 4.15. The Hall–Kier alpha value is -2.77. The molecule has 0 aromatic heterocycles. The molecule has 2 aliphatic rings. The molecule has 0 spiro atoms. The Bertz CT molecular complexity index is 812. The van der Waals surface area contributed by atoms with Crippen molar-refractivity contribution in [2.45, 2.75) is 32.2 Å². The number of ketones is 1. The van der Waals surface area contributed by atoms with Crippen LogP contribution in [0.25, 0.3) is 0 Å². The first-order valence-electron chi connectivity index (χ1n) is 8.44. The van der Waals surface area contributed by atoms with E-state index in [1.54, 1.807) is 24.1 Å². The zero-order valence-corrected chi connectivity index (χ0v) is 14.6. The van der Waals surface area contributed by atoms with Crippen molar-refractivity contribution in [2.75, 3.05) is 6.54 Å². The summed E-state index contributed by atoms with van der Waals surface area (Å²) in [5, 5.41) is 0. The Balaban J connectivity index is 1.67. The summed E-state index contributed by atoms with van der Waals surface area (Å²) in [5.74, 6) is -0.354. The molecule has 0 radical (unpaired) electrons. The minimum Gasteiger partial charge on any atom is -0.493 e. The molecule has 144 valence electrons. The molecule has 8 heteroatoms. The number of carbonyl (C=O) groups excluding carboxylic acids is 2. The highest BCUT2D eigenvalue weighted by Gasteiger charge is 2.36. The topological polar surface area (TPSA) is 72.6 Å². The second-order valence-electron chi connectivity index (χ2n) is 6.69. The van der Waals surface area contributed by atoms with Crippen LogP contribution < -0.4 is 5.73 Å². The van der Waals surface area contributed by atoms with Gasteiger partial charge < -0.3 is 15.4 Å². The smallest absolute Gasteiger partial charge is 0.416 e. The fraction of sp³-hybridized carbons (Fsp3) is 0.368. The van der Waals surface area contributed by atoms with Gasteiger partial charge >= 0.3 is 6.18 Å². The van der Waals surface area contributed by atoms with Gasteiger partial charge in [0.25, 0.3) is 0 Å². The number of hydrogen-bond acceptors (Lipinski definition) is 4. The predicted molar refractivity (Wildman–Crippen MR) is 90.9 cm³/mol.